The molecule has 4 N–H and O–H groups in total. The number of Topliss-reactive ketones (excluding diaryl/α,β-unsaturated/α-hetero) is 2. The highest BCUT2D eigenvalue weighted by atomic mass is 16.6. The third-order valence-electron chi connectivity index (χ3n) is 8.52. The average molecular weight is 813 g/mol. The highest BCUT2D eigenvalue weighted by Gasteiger charge is 2.38. The third kappa shape index (κ3) is 24.9. The van der Waals surface area contributed by atoms with E-state index in [0.717, 1.165) is 0 Å². The fourth-order valence-electron chi connectivity index (χ4n) is 4.43. The number of rotatable bonds is 24. The maximum absolute atomic E-state index is 12.9. The van der Waals surface area contributed by atoms with E-state index in [1.165, 1.54) is 0 Å². The Morgan fingerprint density at radius 2 is 0.649 bits per heavy atom. The van der Waals surface area contributed by atoms with Gasteiger partial charge in [-0.1, -0.05) is 83.1 Å². The second-order valence-electron chi connectivity index (χ2n) is 18.6. The Hall–Kier alpha value is -4.24. The SMILES string of the molecule is CC(C)(C)C(=O)CCCNC(=O)OCC(COC(=O)CCCNC(=O)C(C)(C)C)(COC(=O)CCCNC(=O)C(C)(C)C)COC(=O)NCCCC(=O)C(C)(C)C. The summed E-state index contributed by atoms with van der Waals surface area (Å²) in [5.41, 5.74) is -3.82. The normalized spacial score (nSPS) is 12.1. The molecule has 0 atom stereocenters. The number of nitrogens with one attached hydrogen (secondary N) is 4. The molecule has 0 fully saturated rings. The first-order chi connectivity index (χ1) is 26.1. The number of ketones is 2. The molecule has 0 radical (unpaired) electrons. The van der Waals surface area contributed by atoms with E-state index in [9.17, 15) is 38.4 Å². The highest BCUT2D eigenvalue weighted by Crippen LogP contribution is 2.23. The molecule has 0 unspecified atom stereocenters. The van der Waals surface area contributed by atoms with Crippen LogP contribution < -0.4 is 21.3 Å². The van der Waals surface area contributed by atoms with Gasteiger partial charge in [0.1, 0.15) is 43.4 Å². The predicted octanol–water partition coefficient (Wildman–Crippen LogP) is 5.19. The van der Waals surface area contributed by atoms with Crippen molar-refractivity contribution in [2.24, 2.45) is 27.1 Å². The Bertz CT molecular complexity index is 1150. The molecule has 0 spiro atoms. The van der Waals surface area contributed by atoms with Crippen LogP contribution in [-0.2, 0) is 47.7 Å². The van der Waals surface area contributed by atoms with Crippen molar-refractivity contribution in [2.75, 3.05) is 52.6 Å². The lowest BCUT2D eigenvalue weighted by molar-refractivity contribution is -0.159. The minimum atomic E-state index is -1.56. The van der Waals surface area contributed by atoms with Gasteiger partial charge in [0.2, 0.25) is 11.8 Å². The van der Waals surface area contributed by atoms with Crippen molar-refractivity contribution in [1.29, 1.82) is 0 Å². The molecule has 0 aliphatic heterocycles. The molecule has 4 amide bonds. The topological polar surface area (TPSA) is 222 Å². The molecule has 0 saturated heterocycles. The summed E-state index contributed by atoms with van der Waals surface area (Å²) >= 11 is 0. The van der Waals surface area contributed by atoms with E-state index >= 15 is 0 Å². The van der Waals surface area contributed by atoms with Crippen LogP contribution in [0.1, 0.15) is 134 Å². The summed E-state index contributed by atoms with van der Waals surface area (Å²) in [5, 5.41) is 10.7. The molecular weight excluding hydrogens is 740 g/mol. The molecule has 16 nitrogen and oxygen atoms in total. The zero-order valence-corrected chi connectivity index (χ0v) is 36.7. The van der Waals surface area contributed by atoms with Crippen molar-refractivity contribution in [1.82, 2.24) is 21.3 Å². The van der Waals surface area contributed by atoms with Crippen LogP contribution in [-0.4, -0.2) is 100 Å². The van der Waals surface area contributed by atoms with Crippen LogP contribution in [0.25, 0.3) is 0 Å². The number of hydrogen-bond donors (Lipinski definition) is 4. The maximum Gasteiger partial charge on any atom is 0.407 e. The van der Waals surface area contributed by atoms with Crippen LogP contribution in [0, 0.1) is 27.1 Å². The predicted molar refractivity (Wildman–Crippen MR) is 214 cm³/mol. The van der Waals surface area contributed by atoms with Crippen LogP contribution >= 0.6 is 0 Å². The van der Waals surface area contributed by atoms with Crippen molar-refractivity contribution in [2.45, 2.75) is 134 Å². The summed E-state index contributed by atoms with van der Waals surface area (Å²) in [7, 11) is 0. The molecule has 0 heterocycles. The first kappa shape index (κ1) is 52.8. The summed E-state index contributed by atoms with van der Waals surface area (Å²) in [6, 6.07) is 0. The molecule has 0 saturated carbocycles. The molecule has 0 aliphatic rings. The molecule has 0 aromatic rings. The van der Waals surface area contributed by atoms with Gasteiger partial charge in [0.25, 0.3) is 0 Å². The Morgan fingerprint density at radius 1 is 0.368 bits per heavy atom. The lowest BCUT2D eigenvalue weighted by Crippen LogP contribution is -2.45. The summed E-state index contributed by atoms with van der Waals surface area (Å²) < 4.78 is 22.1. The summed E-state index contributed by atoms with van der Waals surface area (Å²) in [5.74, 6) is -1.62. The van der Waals surface area contributed by atoms with E-state index in [1.807, 2.05) is 41.5 Å². The molecule has 0 rings (SSSR count). The van der Waals surface area contributed by atoms with Crippen LogP contribution in [0.4, 0.5) is 9.59 Å². The lowest BCUT2D eigenvalue weighted by atomic mass is 9.88. The zero-order valence-electron chi connectivity index (χ0n) is 36.7. The largest absolute Gasteiger partial charge is 0.465 e. The van der Waals surface area contributed by atoms with E-state index in [4.69, 9.17) is 18.9 Å². The van der Waals surface area contributed by atoms with Gasteiger partial charge in [-0.25, -0.2) is 9.59 Å². The molecular formula is C41H72N4O12. The molecule has 16 heteroatoms. The Labute approximate surface area is 339 Å². The second kappa shape index (κ2) is 24.5. The smallest absolute Gasteiger partial charge is 0.407 e. The first-order valence-corrected chi connectivity index (χ1v) is 19.8. The van der Waals surface area contributed by atoms with E-state index in [0.29, 0.717) is 12.8 Å². The standard InChI is InChI=1S/C41H72N4O12/c1-37(2,3)29(46)17-13-23-44-35(52)56-27-41(25-54-31(48)19-15-21-42-33(50)39(7,8)9,26-55-32(49)20-16-22-43-34(51)40(10,11)12)28-57-36(53)45-24-14-18-30(47)38(4,5)6/h13-28H2,1-12H3,(H,42,50)(H,43,51)(H,44,52)(H,45,53). The van der Waals surface area contributed by atoms with Crippen LogP contribution in [0.5, 0.6) is 0 Å². The van der Waals surface area contributed by atoms with Crippen LogP contribution in [0.3, 0.4) is 0 Å². The molecule has 0 aromatic carbocycles. The van der Waals surface area contributed by atoms with E-state index in [1.54, 1.807) is 41.5 Å². The third-order valence-corrected chi connectivity index (χ3v) is 8.52. The second-order valence-corrected chi connectivity index (χ2v) is 18.6. The summed E-state index contributed by atoms with van der Waals surface area (Å²) in [4.78, 5) is 100. The minimum absolute atomic E-state index is 0.0321. The molecule has 0 aliphatic carbocycles. The van der Waals surface area contributed by atoms with Gasteiger partial charge in [-0.2, -0.15) is 0 Å². The Kier molecular flexibility index (Phi) is 22.7. The quantitative estimate of drug-likeness (QED) is 0.0562. The van der Waals surface area contributed by atoms with Crippen molar-refractivity contribution in [3.63, 3.8) is 0 Å². The number of amides is 4. The van der Waals surface area contributed by atoms with Crippen LogP contribution in [0.15, 0.2) is 0 Å². The fourth-order valence-corrected chi connectivity index (χ4v) is 4.43. The number of alkyl carbamates (subject to hydrolysis) is 2. The van der Waals surface area contributed by atoms with E-state index in [-0.39, 0.29) is 88.1 Å². The van der Waals surface area contributed by atoms with Gasteiger partial charge in [0.15, 0.2) is 0 Å². The van der Waals surface area contributed by atoms with Crippen molar-refractivity contribution in [3.8, 4) is 0 Å². The Morgan fingerprint density at radius 3 is 0.947 bits per heavy atom. The molecule has 0 aromatic heterocycles. The lowest BCUT2D eigenvalue weighted by Gasteiger charge is -2.31. The summed E-state index contributed by atoms with van der Waals surface area (Å²) in [6.07, 6.45) is -0.142. The Balaban J connectivity index is 5.92. The monoisotopic (exact) mass is 813 g/mol. The van der Waals surface area contributed by atoms with Gasteiger partial charge < -0.3 is 40.2 Å². The minimum Gasteiger partial charge on any atom is -0.465 e. The van der Waals surface area contributed by atoms with Gasteiger partial charge in [0, 0.05) is 73.5 Å². The van der Waals surface area contributed by atoms with Crippen molar-refractivity contribution < 1.29 is 57.3 Å². The van der Waals surface area contributed by atoms with Gasteiger partial charge >= 0.3 is 24.1 Å². The van der Waals surface area contributed by atoms with Gasteiger partial charge in [-0.05, 0) is 25.7 Å². The van der Waals surface area contributed by atoms with Crippen molar-refractivity contribution >= 4 is 47.5 Å². The fraction of sp³-hybridized carbons (Fsp3) is 0.805. The van der Waals surface area contributed by atoms with Gasteiger partial charge in [-0.15, -0.1) is 0 Å². The number of carbonyl (C=O) groups excluding carboxylic acids is 8. The highest BCUT2D eigenvalue weighted by molar-refractivity contribution is 5.84. The van der Waals surface area contributed by atoms with E-state index < -0.39 is 77.6 Å². The maximum atomic E-state index is 12.9. The van der Waals surface area contributed by atoms with Gasteiger partial charge in [0.05, 0.1) is 0 Å². The first-order valence-electron chi connectivity index (χ1n) is 19.8. The number of ether oxygens (including phenoxy) is 4. The molecule has 57 heavy (non-hydrogen) atoms. The summed E-state index contributed by atoms with van der Waals surface area (Å²) in [6.45, 7) is 20.1. The van der Waals surface area contributed by atoms with Crippen molar-refractivity contribution in [3.05, 3.63) is 0 Å². The molecule has 0 bridgehead atoms. The average Bonchev–Trinajstić information content (AvgIpc) is 3.09. The number of esters is 2. The van der Waals surface area contributed by atoms with Crippen LogP contribution in [0.2, 0.25) is 0 Å². The van der Waals surface area contributed by atoms with E-state index in [2.05, 4.69) is 21.3 Å². The molecule has 328 valence electrons. The number of hydrogen-bond acceptors (Lipinski definition) is 12. The zero-order chi connectivity index (χ0) is 44.1. The van der Waals surface area contributed by atoms with Gasteiger partial charge in [-0.3, -0.25) is 28.8 Å². The number of carbonyl (C=O) groups is 8.